The van der Waals surface area contributed by atoms with Crippen LogP contribution in [0.25, 0.3) is 0 Å². The zero-order chi connectivity index (χ0) is 10.8. The highest BCUT2D eigenvalue weighted by molar-refractivity contribution is 5.10. The molecular weight excluding hydrogens is 186 g/mol. The van der Waals surface area contributed by atoms with E-state index in [2.05, 4.69) is 35.6 Å². The van der Waals surface area contributed by atoms with Crippen molar-refractivity contribution < 1.29 is 0 Å². The van der Waals surface area contributed by atoms with Gasteiger partial charge in [-0.3, -0.25) is 0 Å². The first-order valence-electron chi connectivity index (χ1n) is 5.95. The number of aryl methyl sites for hydroxylation is 1. The molecule has 1 aliphatic rings. The molecule has 0 bridgehead atoms. The molecule has 1 N–H and O–H groups in total. The van der Waals surface area contributed by atoms with Gasteiger partial charge in [0, 0.05) is 24.3 Å². The average Bonchev–Trinajstić information content (AvgIpc) is 3.00. The summed E-state index contributed by atoms with van der Waals surface area (Å²) in [5.74, 6) is 0. The number of rotatable bonds is 5. The smallest absolute Gasteiger partial charge is 0.0954 e. The molecule has 1 unspecified atom stereocenters. The number of imidazole rings is 1. The largest absolute Gasteiger partial charge is 0.330 e. The van der Waals surface area contributed by atoms with Gasteiger partial charge in [-0.2, -0.15) is 0 Å². The first-order chi connectivity index (χ1) is 7.22. The second kappa shape index (κ2) is 4.35. The average molecular weight is 207 g/mol. The van der Waals surface area contributed by atoms with E-state index in [-0.39, 0.29) is 0 Å². The number of hydrogen-bond donors (Lipinski definition) is 1. The lowest BCUT2D eigenvalue weighted by Crippen LogP contribution is -2.26. The molecule has 1 saturated carbocycles. The number of aromatic nitrogens is 2. The quantitative estimate of drug-likeness (QED) is 0.802. The van der Waals surface area contributed by atoms with Crippen molar-refractivity contribution in [3.8, 4) is 0 Å². The van der Waals surface area contributed by atoms with Crippen molar-refractivity contribution in [2.75, 3.05) is 6.54 Å². The molecule has 0 aliphatic heterocycles. The summed E-state index contributed by atoms with van der Waals surface area (Å²) in [5, 5.41) is 3.59. The summed E-state index contributed by atoms with van der Waals surface area (Å²) < 4.78 is 2.31. The molecule has 0 aromatic carbocycles. The van der Waals surface area contributed by atoms with Crippen molar-refractivity contribution in [3.63, 3.8) is 0 Å². The van der Waals surface area contributed by atoms with Crippen LogP contribution in [-0.4, -0.2) is 22.1 Å². The van der Waals surface area contributed by atoms with Gasteiger partial charge in [-0.1, -0.05) is 6.92 Å². The standard InChI is InChI=1S/C12H21N3/c1-4-12(7-13-11-5-6-11)15-8-14-9(2)10(15)3/h8,11-13H,4-7H2,1-3H3. The van der Waals surface area contributed by atoms with Crippen molar-refractivity contribution >= 4 is 0 Å². The molecule has 1 aliphatic carbocycles. The highest BCUT2D eigenvalue weighted by Crippen LogP contribution is 2.21. The highest BCUT2D eigenvalue weighted by atomic mass is 15.1. The first-order valence-corrected chi connectivity index (χ1v) is 5.95. The van der Waals surface area contributed by atoms with Gasteiger partial charge in [-0.25, -0.2) is 4.98 Å². The zero-order valence-electron chi connectivity index (χ0n) is 9.95. The summed E-state index contributed by atoms with van der Waals surface area (Å²) in [4.78, 5) is 4.36. The molecule has 1 atom stereocenters. The van der Waals surface area contributed by atoms with Crippen LogP contribution in [0.15, 0.2) is 6.33 Å². The molecule has 1 heterocycles. The normalized spacial score (nSPS) is 18.1. The van der Waals surface area contributed by atoms with Crippen LogP contribution in [0.1, 0.15) is 43.6 Å². The number of nitrogens with zero attached hydrogens (tertiary/aromatic N) is 2. The van der Waals surface area contributed by atoms with Crippen molar-refractivity contribution in [1.29, 1.82) is 0 Å². The number of hydrogen-bond acceptors (Lipinski definition) is 2. The van der Waals surface area contributed by atoms with E-state index >= 15 is 0 Å². The third-order valence-electron chi connectivity index (χ3n) is 3.37. The van der Waals surface area contributed by atoms with Crippen LogP contribution in [0.5, 0.6) is 0 Å². The fourth-order valence-corrected chi connectivity index (χ4v) is 1.91. The van der Waals surface area contributed by atoms with Gasteiger partial charge >= 0.3 is 0 Å². The van der Waals surface area contributed by atoms with Crippen LogP contribution in [0.3, 0.4) is 0 Å². The Morgan fingerprint density at radius 1 is 1.53 bits per heavy atom. The molecular formula is C12H21N3. The lowest BCUT2D eigenvalue weighted by Gasteiger charge is -2.19. The van der Waals surface area contributed by atoms with Crippen molar-refractivity contribution in [2.24, 2.45) is 0 Å². The van der Waals surface area contributed by atoms with Gasteiger partial charge in [0.05, 0.1) is 12.0 Å². The van der Waals surface area contributed by atoms with Crippen LogP contribution in [0.2, 0.25) is 0 Å². The third-order valence-corrected chi connectivity index (χ3v) is 3.37. The predicted molar refractivity (Wildman–Crippen MR) is 62.1 cm³/mol. The van der Waals surface area contributed by atoms with Crippen LogP contribution in [0, 0.1) is 13.8 Å². The summed E-state index contributed by atoms with van der Waals surface area (Å²) in [6.07, 6.45) is 5.86. The van der Waals surface area contributed by atoms with Crippen molar-refractivity contribution in [3.05, 3.63) is 17.7 Å². The summed E-state index contributed by atoms with van der Waals surface area (Å²) in [6, 6.07) is 1.36. The molecule has 2 rings (SSSR count). The molecule has 0 amide bonds. The van der Waals surface area contributed by atoms with Crippen LogP contribution < -0.4 is 5.32 Å². The Bertz CT molecular complexity index is 326. The second-order valence-electron chi connectivity index (χ2n) is 4.57. The maximum atomic E-state index is 4.36. The third kappa shape index (κ3) is 2.40. The van der Waals surface area contributed by atoms with Crippen LogP contribution >= 0.6 is 0 Å². The molecule has 0 saturated heterocycles. The molecule has 1 aromatic rings. The minimum atomic E-state index is 0.562. The Hall–Kier alpha value is -0.830. The molecule has 1 aromatic heterocycles. The fourth-order valence-electron chi connectivity index (χ4n) is 1.91. The van der Waals surface area contributed by atoms with Gasteiger partial charge < -0.3 is 9.88 Å². The Kier molecular flexibility index (Phi) is 3.10. The highest BCUT2D eigenvalue weighted by Gasteiger charge is 2.22. The minimum Gasteiger partial charge on any atom is -0.330 e. The molecule has 3 nitrogen and oxygen atoms in total. The molecule has 0 spiro atoms. The Labute approximate surface area is 91.9 Å². The monoisotopic (exact) mass is 207 g/mol. The van der Waals surface area contributed by atoms with Crippen LogP contribution in [-0.2, 0) is 0 Å². The van der Waals surface area contributed by atoms with Gasteiger partial charge in [0.15, 0.2) is 0 Å². The first kappa shape index (κ1) is 10.7. The topological polar surface area (TPSA) is 29.9 Å². The fraction of sp³-hybridized carbons (Fsp3) is 0.750. The lowest BCUT2D eigenvalue weighted by atomic mass is 10.2. The summed E-state index contributed by atoms with van der Waals surface area (Å²) in [5.41, 5.74) is 2.46. The van der Waals surface area contributed by atoms with Crippen molar-refractivity contribution in [2.45, 2.75) is 52.1 Å². The summed E-state index contributed by atoms with van der Waals surface area (Å²) in [7, 11) is 0. The number of nitrogens with one attached hydrogen (secondary N) is 1. The predicted octanol–water partition coefficient (Wildman–Crippen LogP) is 2.20. The van der Waals surface area contributed by atoms with E-state index in [0.29, 0.717) is 6.04 Å². The van der Waals surface area contributed by atoms with Gasteiger partial charge in [-0.05, 0) is 33.1 Å². The maximum Gasteiger partial charge on any atom is 0.0954 e. The van der Waals surface area contributed by atoms with E-state index in [4.69, 9.17) is 0 Å². The molecule has 84 valence electrons. The van der Waals surface area contributed by atoms with E-state index in [1.54, 1.807) is 0 Å². The van der Waals surface area contributed by atoms with Gasteiger partial charge in [0.1, 0.15) is 0 Å². The van der Waals surface area contributed by atoms with Gasteiger partial charge in [0.2, 0.25) is 0 Å². The molecule has 0 radical (unpaired) electrons. The van der Waals surface area contributed by atoms with Gasteiger partial charge in [0.25, 0.3) is 0 Å². The van der Waals surface area contributed by atoms with E-state index in [9.17, 15) is 0 Å². The second-order valence-corrected chi connectivity index (χ2v) is 4.57. The SMILES string of the molecule is CCC(CNC1CC1)n1cnc(C)c1C. The summed E-state index contributed by atoms with van der Waals surface area (Å²) >= 11 is 0. The minimum absolute atomic E-state index is 0.562. The summed E-state index contributed by atoms with van der Waals surface area (Å²) in [6.45, 7) is 7.56. The Morgan fingerprint density at radius 3 is 2.73 bits per heavy atom. The van der Waals surface area contributed by atoms with Crippen LogP contribution in [0.4, 0.5) is 0 Å². The lowest BCUT2D eigenvalue weighted by molar-refractivity contribution is 0.439. The Balaban J connectivity index is 2.00. The maximum absolute atomic E-state index is 4.36. The van der Waals surface area contributed by atoms with Gasteiger partial charge in [-0.15, -0.1) is 0 Å². The molecule has 15 heavy (non-hydrogen) atoms. The van der Waals surface area contributed by atoms with E-state index in [0.717, 1.165) is 24.7 Å². The Morgan fingerprint density at radius 2 is 2.27 bits per heavy atom. The van der Waals surface area contributed by atoms with Crippen molar-refractivity contribution in [1.82, 2.24) is 14.9 Å². The van der Waals surface area contributed by atoms with E-state index in [1.165, 1.54) is 18.5 Å². The van der Waals surface area contributed by atoms with E-state index < -0.39 is 0 Å². The zero-order valence-corrected chi connectivity index (χ0v) is 9.95. The molecule has 3 heteroatoms. The van der Waals surface area contributed by atoms with E-state index in [1.807, 2.05) is 6.33 Å². The molecule has 1 fully saturated rings.